The SMILES string of the molecule is Cc1cc(C)nc(Nc2ccc(NC(=O)/C=C\c3ccc4c(c3)OCCO4)cc2)n1. The Morgan fingerprint density at radius 3 is 2.30 bits per heavy atom. The third-order valence-corrected chi connectivity index (χ3v) is 4.38. The van der Waals surface area contributed by atoms with Gasteiger partial charge in [0.2, 0.25) is 11.9 Å². The van der Waals surface area contributed by atoms with E-state index in [4.69, 9.17) is 9.47 Å². The highest BCUT2D eigenvalue weighted by Crippen LogP contribution is 2.31. The lowest BCUT2D eigenvalue weighted by atomic mass is 10.2. The molecular weight excluding hydrogens is 380 g/mol. The van der Waals surface area contributed by atoms with Crippen LogP contribution < -0.4 is 20.1 Å². The molecule has 0 saturated carbocycles. The quantitative estimate of drug-likeness (QED) is 0.620. The Hall–Kier alpha value is -3.87. The Balaban J connectivity index is 1.36. The molecule has 30 heavy (non-hydrogen) atoms. The molecule has 0 fully saturated rings. The maximum absolute atomic E-state index is 12.2. The minimum atomic E-state index is -0.219. The van der Waals surface area contributed by atoms with E-state index in [9.17, 15) is 4.79 Å². The van der Waals surface area contributed by atoms with E-state index >= 15 is 0 Å². The predicted molar refractivity (Wildman–Crippen MR) is 116 cm³/mol. The van der Waals surface area contributed by atoms with Crippen molar-refractivity contribution >= 4 is 29.3 Å². The van der Waals surface area contributed by atoms with Crippen molar-refractivity contribution in [1.29, 1.82) is 0 Å². The van der Waals surface area contributed by atoms with Crippen molar-refractivity contribution in [2.75, 3.05) is 23.8 Å². The molecule has 2 N–H and O–H groups in total. The van der Waals surface area contributed by atoms with Gasteiger partial charge in [-0.05, 0) is 68.0 Å². The molecule has 7 nitrogen and oxygen atoms in total. The van der Waals surface area contributed by atoms with Gasteiger partial charge >= 0.3 is 0 Å². The standard InChI is InChI=1S/C23H22N4O3/c1-15-13-16(2)25-23(24-15)27-19-7-5-18(6-8-19)26-22(28)10-4-17-3-9-20-21(14-17)30-12-11-29-20/h3-10,13-14H,11-12H2,1-2H3,(H,26,28)(H,24,25,27)/b10-4-. The number of fused-ring (bicyclic) bond motifs is 1. The Morgan fingerprint density at radius 1 is 0.900 bits per heavy atom. The maximum Gasteiger partial charge on any atom is 0.248 e. The molecule has 0 spiro atoms. The molecule has 1 amide bonds. The van der Waals surface area contributed by atoms with Crippen LogP contribution in [-0.4, -0.2) is 29.1 Å². The number of aromatic nitrogens is 2. The molecule has 152 valence electrons. The van der Waals surface area contributed by atoms with Gasteiger partial charge in [-0.3, -0.25) is 4.79 Å². The van der Waals surface area contributed by atoms with Gasteiger partial charge in [0.25, 0.3) is 0 Å². The highest BCUT2D eigenvalue weighted by atomic mass is 16.6. The van der Waals surface area contributed by atoms with Gasteiger partial charge in [-0.1, -0.05) is 6.07 Å². The highest BCUT2D eigenvalue weighted by Gasteiger charge is 2.10. The molecule has 1 aliphatic heterocycles. The zero-order valence-corrected chi connectivity index (χ0v) is 16.8. The number of aryl methyl sites for hydroxylation is 2. The van der Waals surface area contributed by atoms with Crippen molar-refractivity contribution in [3.05, 3.63) is 71.6 Å². The molecule has 7 heteroatoms. The van der Waals surface area contributed by atoms with Crippen LogP contribution in [0.15, 0.2) is 54.6 Å². The number of nitrogens with one attached hydrogen (secondary N) is 2. The zero-order valence-electron chi connectivity index (χ0n) is 16.8. The number of carbonyl (C=O) groups is 1. The van der Waals surface area contributed by atoms with E-state index in [1.807, 2.05) is 62.4 Å². The second kappa shape index (κ2) is 8.65. The topological polar surface area (TPSA) is 85.4 Å². The summed E-state index contributed by atoms with van der Waals surface area (Å²) in [6, 6.07) is 14.9. The van der Waals surface area contributed by atoms with E-state index in [1.165, 1.54) is 6.08 Å². The third-order valence-electron chi connectivity index (χ3n) is 4.38. The molecule has 2 aromatic carbocycles. The number of nitrogens with zero attached hydrogens (tertiary/aromatic N) is 2. The normalized spacial score (nSPS) is 12.6. The molecule has 0 aliphatic carbocycles. The fraction of sp³-hybridized carbons (Fsp3) is 0.174. The molecule has 2 heterocycles. The first-order valence-corrected chi connectivity index (χ1v) is 9.63. The van der Waals surface area contributed by atoms with Crippen LogP contribution in [0.25, 0.3) is 6.08 Å². The van der Waals surface area contributed by atoms with Crippen LogP contribution in [0.1, 0.15) is 17.0 Å². The highest BCUT2D eigenvalue weighted by molar-refractivity contribution is 6.02. The van der Waals surface area contributed by atoms with E-state index in [-0.39, 0.29) is 5.91 Å². The number of amides is 1. The smallest absolute Gasteiger partial charge is 0.248 e. The Morgan fingerprint density at radius 2 is 1.57 bits per heavy atom. The molecular formula is C23H22N4O3. The van der Waals surface area contributed by atoms with Crippen LogP contribution in [0.2, 0.25) is 0 Å². The number of hydrogen-bond acceptors (Lipinski definition) is 6. The molecule has 1 aliphatic rings. The number of rotatable bonds is 5. The van der Waals surface area contributed by atoms with Crippen molar-refractivity contribution in [1.82, 2.24) is 9.97 Å². The minimum Gasteiger partial charge on any atom is -0.486 e. The second-order valence-corrected chi connectivity index (χ2v) is 6.90. The van der Waals surface area contributed by atoms with E-state index in [0.29, 0.717) is 30.6 Å². The van der Waals surface area contributed by atoms with Crippen molar-refractivity contribution in [2.45, 2.75) is 13.8 Å². The molecule has 0 radical (unpaired) electrons. The van der Waals surface area contributed by atoms with Gasteiger partial charge in [-0.2, -0.15) is 0 Å². The summed E-state index contributed by atoms with van der Waals surface area (Å²) < 4.78 is 11.1. The largest absolute Gasteiger partial charge is 0.486 e. The molecule has 4 rings (SSSR count). The van der Waals surface area contributed by atoms with E-state index in [1.54, 1.807) is 6.08 Å². The molecule has 0 atom stereocenters. The van der Waals surface area contributed by atoms with Crippen molar-refractivity contribution < 1.29 is 14.3 Å². The molecule has 0 saturated heterocycles. The Labute approximate surface area is 174 Å². The second-order valence-electron chi connectivity index (χ2n) is 6.90. The van der Waals surface area contributed by atoms with Crippen molar-refractivity contribution in [3.8, 4) is 11.5 Å². The van der Waals surface area contributed by atoms with Crippen LogP contribution in [0, 0.1) is 13.8 Å². The minimum absolute atomic E-state index is 0.219. The van der Waals surface area contributed by atoms with Gasteiger partial charge in [0, 0.05) is 28.8 Å². The van der Waals surface area contributed by atoms with Gasteiger partial charge in [0.1, 0.15) is 13.2 Å². The van der Waals surface area contributed by atoms with E-state index < -0.39 is 0 Å². The van der Waals surface area contributed by atoms with Crippen LogP contribution in [0.3, 0.4) is 0 Å². The predicted octanol–water partition coefficient (Wildman–Crippen LogP) is 4.26. The fourth-order valence-corrected chi connectivity index (χ4v) is 3.07. The summed E-state index contributed by atoms with van der Waals surface area (Å²) >= 11 is 0. The monoisotopic (exact) mass is 402 g/mol. The Kier molecular flexibility index (Phi) is 5.61. The van der Waals surface area contributed by atoms with Gasteiger partial charge in [-0.25, -0.2) is 9.97 Å². The van der Waals surface area contributed by atoms with Crippen LogP contribution in [0.5, 0.6) is 11.5 Å². The zero-order chi connectivity index (χ0) is 20.9. The number of benzene rings is 2. The number of ether oxygens (including phenoxy) is 2. The van der Waals surface area contributed by atoms with Crippen molar-refractivity contribution in [2.24, 2.45) is 0 Å². The van der Waals surface area contributed by atoms with Crippen LogP contribution in [0.4, 0.5) is 17.3 Å². The molecule has 1 aromatic heterocycles. The van der Waals surface area contributed by atoms with Gasteiger partial charge < -0.3 is 20.1 Å². The number of hydrogen-bond donors (Lipinski definition) is 2. The Bertz CT molecular complexity index is 1070. The average Bonchev–Trinajstić information content (AvgIpc) is 2.73. The van der Waals surface area contributed by atoms with Crippen LogP contribution >= 0.6 is 0 Å². The lowest BCUT2D eigenvalue weighted by Crippen LogP contribution is -2.15. The summed E-state index contributed by atoms with van der Waals surface area (Å²) in [4.78, 5) is 21.0. The summed E-state index contributed by atoms with van der Waals surface area (Å²) in [6.07, 6.45) is 3.22. The van der Waals surface area contributed by atoms with Crippen LogP contribution in [-0.2, 0) is 4.79 Å². The van der Waals surface area contributed by atoms with Gasteiger partial charge in [0.05, 0.1) is 0 Å². The first-order valence-electron chi connectivity index (χ1n) is 9.63. The summed E-state index contributed by atoms with van der Waals surface area (Å²) in [5.74, 6) is 1.75. The first kappa shape index (κ1) is 19.4. The molecule has 0 unspecified atom stereocenters. The number of anilines is 3. The van der Waals surface area contributed by atoms with E-state index in [0.717, 1.165) is 28.4 Å². The van der Waals surface area contributed by atoms with E-state index in [2.05, 4.69) is 20.6 Å². The summed E-state index contributed by atoms with van der Waals surface area (Å²) in [5, 5.41) is 6.01. The third kappa shape index (κ3) is 4.94. The van der Waals surface area contributed by atoms with Crippen molar-refractivity contribution in [3.63, 3.8) is 0 Å². The summed E-state index contributed by atoms with van der Waals surface area (Å²) in [6.45, 7) is 4.94. The summed E-state index contributed by atoms with van der Waals surface area (Å²) in [5.41, 5.74) is 4.20. The average molecular weight is 402 g/mol. The van der Waals surface area contributed by atoms with Gasteiger partial charge in [0.15, 0.2) is 11.5 Å². The van der Waals surface area contributed by atoms with Gasteiger partial charge in [-0.15, -0.1) is 0 Å². The summed E-state index contributed by atoms with van der Waals surface area (Å²) in [7, 11) is 0. The lowest BCUT2D eigenvalue weighted by Gasteiger charge is -2.18. The first-order chi connectivity index (χ1) is 14.5. The molecule has 3 aromatic rings. The number of carbonyl (C=O) groups excluding carboxylic acids is 1. The lowest BCUT2D eigenvalue weighted by molar-refractivity contribution is -0.111. The fourth-order valence-electron chi connectivity index (χ4n) is 3.07. The molecule has 0 bridgehead atoms. The maximum atomic E-state index is 12.2.